The summed E-state index contributed by atoms with van der Waals surface area (Å²) in [6.07, 6.45) is 2.24. The smallest absolute Gasteiger partial charge is 0.325 e. The second kappa shape index (κ2) is 6.45. The number of aliphatic carboxylic acids is 1. The molecule has 0 aliphatic heterocycles. The number of phenols is 1. The van der Waals surface area contributed by atoms with Crippen molar-refractivity contribution in [3.63, 3.8) is 0 Å². The van der Waals surface area contributed by atoms with E-state index in [4.69, 9.17) is 5.11 Å². The number of fused-ring (bicyclic) bond motifs is 1. The van der Waals surface area contributed by atoms with Crippen molar-refractivity contribution in [3.05, 3.63) is 35.5 Å². The Kier molecular flexibility index (Phi) is 4.35. The van der Waals surface area contributed by atoms with Gasteiger partial charge in [0.05, 0.1) is 5.39 Å². The summed E-state index contributed by atoms with van der Waals surface area (Å²) in [5.41, 5.74) is 1.80. The fourth-order valence-corrected chi connectivity index (χ4v) is 3.67. The van der Waals surface area contributed by atoms with Crippen LogP contribution in [-0.2, 0) is 11.2 Å². The molecule has 6 nitrogen and oxygen atoms in total. The van der Waals surface area contributed by atoms with Crippen LogP contribution in [0.4, 0.5) is 5.82 Å². The van der Waals surface area contributed by atoms with Crippen molar-refractivity contribution in [2.24, 2.45) is 0 Å². The summed E-state index contributed by atoms with van der Waals surface area (Å²) in [4.78, 5) is 21.6. The number of thiophene rings is 1. The largest absolute Gasteiger partial charge is 0.508 e. The predicted molar refractivity (Wildman–Crippen MR) is 94.6 cm³/mol. The minimum Gasteiger partial charge on any atom is -0.508 e. The molecule has 0 radical (unpaired) electrons. The Balaban J connectivity index is 2.25. The number of carboxylic acid groups (broad SMARTS) is 1. The van der Waals surface area contributed by atoms with Crippen LogP contribution in [0.3, 0.4) is 0 Å². The van der Waals surface area contributed by atoms with E-state index in [1.54, 1.807) is 36.5 Å². The van der Waals surface area contributed by atoms with Gasteiger partial charge in [0.2, 0.25) is 0 Å². The average Bonchev–Trinajstić information content (AvgIpc) is 2.94. The zero-order chi connectivity index (χ0) is 17.3. The van der Waals surface area contributed by atoms with Crippen LogP contribution < -0.4 is 5.32 Å². The number of aromatic nitrogens is 2. The van der Waals surface area contributed by atoms with Gasteiger partial charge in [-0.1, -0.05) is 19.1 Å². The fraction of sp³-hybridized carbons (Fsp3) is 0.235. The number of hydrogen-bond acceptors (Lipinski definition) is 6. The standard InChI is InChI=1S/C17H17N3O3S/c1-3-12-13(10-5-4-6-11(21)7-10)14-15(20-9(2)17(22)23)18-8-19-16(14)24-12/h4-9,21H,3H2,1-2H3,(H,22,23)(H,18,19,20)/t9-/m1/s1. The molecule has 2 aromatic heterocycles. The van der Waals surface area contributed by atoms with E-state index < -0.39 is 12.0 Å². The van der Waals surface area contributed by atoms with Crippen LogP contribution in [0, 0.1) is 0 Å². The average molecular weight is 343 g/mol. The minimum absolute atomic E-state index is 0.180. The first-order valence-electron chi connectivity index (χ1n) is 7.56. The van der Waals surface area contributed by atoms with E-state index in [0.717, 1.165) is 32.6 Å². The van der Waals surface area contributed by atoms with Gasteiger partial charge in [-0.15, -0.1) is 11.3 Å². The SMILES string of the molecule is CCc1sc2ncnc(N[C@H](C)C(=O)O)c2c1-c1cccc(O)c1. The lowest BCUT2D eigenvalue weighted by molar-refractivity contribution is -0.137. The Morgan fingerprint density at radius 1 is 1.38 bits per heavy atom. The molecule has 0 bridgehead atoms. The molecule has 7 heteroatoms. The maximum absolute atomic E-state index is 11.2. The summed E-state index contributed by atoms with van der Waals surface area (Å²) in [5, 5.41) is 22.7. The highest BCUT2D eigenvalue weighted by Gasteiger charge is 2.20. The molecule has 0 fully saturated rings. The van der Waals surface area contributed by atoms with Crippen LogP contribution in [0.25, 0.3) is 21.3 Å². The molecule has 2 heterocycles. The van der Waals surface area contributed by atoms with Crippen LogP contribution >= 0.6 is 11.3 Å². The highest BCUT2D eigenvalue weighted by Crippen LogP contribution is 2.41. The lowest BCUT2D eigenvalue weighted by Crippen LogP contribution is -2.26. The normalized spacial score (nSPS) is 12.2. The monoisotopic (exact) mass is 343 g/mol. The van der Waals surface area contributed by atoms with Gasteiger partial charge in [0.15, 0.2) is 0 Å². The molecule has 1 atom stereocenters. The number of aromatic hydroxyl groups is 1. The molecule has 1 aromatic carbocycles. The molecule has 3 aromatic rings. The van der Waals surface area contributed by atoms with E-state index in [0.29, 0.717) is 5.82 Å². The van der Waals surface area contributed by atoms with E-state index in [9.17, 15) is 9.90 Å². The Morgan fingerprint density at radius 3 is 2.83 bits per heavy atom. The lowest BCUT2D eigenvalue weighted by Gasteiger charge is -2.12. The van der Waals surface area contributed by atoms with Gasteiger partial charge >= 0.3 is 5.97 Å². The van der Waals surface area contributed by atoms with E-state index in [1.165, 1.54) is 6.33 Å². The Labute approximate surface area is 142 Å². The highest BCUT2D eigenvalue weighted by atomic mass is 32.1. The predicted octanol–water partition coefficient (Wildman–Crippen LogP) is 3.51. The summed E-state index contributed by atoms with van der Waals surface area (Å²) in [7, 11) is 0. The first kappa shape index (κ1) is 16.2. The van der Waals surface area contributed by atoms with Crippen molar-refractivity contribution in [2.75, 3.05) is 5.32 Å². The third kappa shape index (κ3) is 2.90. The van der Waals surface area contributed by atoms with E-state index in [2.05, 4.69) is 22.2 Å². The molecule has 3 rings (SSSR count). The van der Waals surface area contributed by atoms with Gasteiger partial charge in [-0.25, -0.2) is 9.97 Å². The molecule has 0 spiro atoms. The summed E-state index contributed by atoms with van der Waals surface area (Å²) in [6, 6.07) is 6.23. The second-order valence-corrected chi connectivity index (χ2v) is 6.49. The molecule has 24 heavy (non-hydrogen) atoms. The second-order valence-electron chi connectivity index (χ2n) is 5.41. The molecule has 0 aliphatic carbocycles. The molecule has 3 N–H and O–H groups in total. The number of carbonyl (C=O) groups is 1. The zero-order valence-electron chi connectivity index (χ0n) is 13.3. The number of nitrogens with one attached hydrogen (secondary N) is 1. The van der Waals surface area contributed by atoms with Gasteiger partial charge in [-0.3, -0.25) is 4.79 Å². The number of anilines is 1. The lowest BCUT2D eigenvalue weighted by atomic mass is 10.0. The van der Waals surface area contributed by atoms with Crippen molar-refractivity contribution in [1.29, 1.82) is 0 Å². The van der Waals surface area contributed by atoms with Gasteiger partial charge in [0.1, 0.15) is 28.8 Å². The number of benzene rings is 1. The number of nitrogens with zero attached hydrogens (tertiary/aromatic N) is 2. The summed E-state index contributed by atoms with van der Waals surface area (Å²) in [5.74, 6) is -0.282. The molecule has 0 unspecified atom stereocenters. The van der Waals surface area contributed by atoms with Crippen LogP contribution in [0.1, 0.15) is 18.7 Å². The number of rotatable bonds is 5. The molecule has 0 saturated carbocycles. The van der Waals surface area contributed by atoms with Crippen LogP contribution in [0.5, 0.6) is 5.75 Å². The first-order chi connectivity index (χ1) is 11.5. The Morgan fingerprint density at radius 2 is 2.17 bits per heavy atom. The summed E-state index contributed by atoms with van der Waals surface area (Å²) >= 11 is 1.55. The zero-order valence-corrected chi connectivity index (χ0v) is 14.1. The number of phenolic OH excluding ortho intramolecular Hbond substituents is 1. The first-order valence-corrected chi connectivity index (χ1v) is 8.38. The topological polar surface area (TPSA) is 95.3 Å². The third-order valence-electron chi connectivity index (χ3n) is 3.74. The number of carboxylic acids is 1. The van der Waals surface area contributed by atoms with Crippen LogP contribution in [-0.4, -0.2) is 32.2 Å². The Bertz CT molecular complexity index is 907. The van der Waals surface area contributed by atoms with Gasteiger partial charge in [-0.2, -0.15) is 0 Å². The molecule has 0 amide bonds. The van der Waals surface area contributed by atoms with Crippen molar-refractivity contribution in [1.82, 2.24) is 9.97 Å². The summed E-state index contributed by atoms with van der Waals surface area (Å²) in [6.45, 7) is 3.62. The van der Waals surface area contributed by atoms with Crippen molar-refractivity contribution in [3.8, 4) is 16.9 Å². The fourth-order valence-electron chi connectivity index (χ4n) is 2.57. The van der Waals surface area contributed by atoms with Gasteiger partial charge in [0, 0.05) is 10.4 Å². The number of hydrogen-bond donors (Lipinski definition) is 3. The van der Waals surface area contributed by atoms with Crippen LogP contribution in [0.15, 0.2) is 30.6 Å². The molecule has 124 valence electrons. The van der Waals surface area contributed by atoms with E-state index >= 15 is 0 Å². The number of aryl methyl sites for hydroxylation is 1. The van der Waals surface area contributed by atoms with Gasteiger partial charge < -0.3 is 15.5 Å². The van der Waals surface area contributed by atoms with Gasteiger partial charge in [0.25, 0.3) is 0 Å². The van der Waals surface area contributed by atoms with E-state index in [-0.39, 0.29) is 5.75 Å². The third-order valence-corrected chi connectivity index (χ3v) is 4.98. The van der Waals surface area contributed by atoms with E-state index in [1.807, 2.05) is 6.07 Å². The minimum atomic E-state index is -0.952. The maximum Gasteiger partial charge on any atom is 0.325 e. The molecule has 0 saturated heterocycles. The maximum atomic E-state index is 11.2. The van der Waals surface area contributed by atoms with Crippen molar-refractivity contribution in [2.45, 2.75) is 26.3 Å². The quantitative estimate of drug-likeness (QED) is 0.656. The van der Waals surface area contributed by atoms with Crippen molar-refractivity contribution >= 4 is 33.3 Å². The molecule has 0 aliphatic rings. The highest BCUT2D eigenvalue weighted by molar-refractivity contribution is 7.19. The van der Waals surface area contributed by atoms with Gasteiger partial charge in [-0.05, 0) is 31.0 Å². The Hall–Kier alpha value is -2.67. The van der Waals surface area contributed by atoms with Crippen molar-refractivity contribution < 1.29 is 15.0 Å². The molecular formula is C17H17N3O3S. The summed E-state index contributed by atoms with van der Waals surface area (Å²) < 4.78 is 0. The molecular weight excluding hydrogens is 326 g/mol. The van der Waals surface area contributed by atoms with Crippen LogP contribution in [0.2, 0.25) is 0 Å².